The van der Waals surface area contributed by atoms with Crippen molar-refractivity contribution in [2.45, 2.75) is 197 Å². The Labute approximate surface area is 418 Å². The van der Waals surface area contributed by atoms with Crippen LogP contribution in [0, 0.1) is 0 Å². The minimum Gasteiger partial charge on any atom is -0.445 e. The molecule has 2 amide bonds. The second-order valence-corrected chi connectivity index (χ2v) is 26.0. The molecule has 24 nitrogen and oxygen atoms in total. The summed E-state index contributed by atoms with van der Waals surface area (Å²) in [5.74, 6) is -1.55. The first-order valence-electron chi connectivity index (χ1n) is 23.8. The second kappa shape index (κ2) is 22.7. The van der Waals surface area contributed by atoms with Crippen molar-refractivity contribution in [3.8, 4) is 0 Å². The van der Waals surface area contributed by atoms with Gasteiger partial charge in [0.15, 0.2) is 32.9 Å². The van der Waals surface area contributed by atoms with E-state index >= 15 is 0 Å². The van der Waals surface area contributed by atoms with Crippen molar-refractivity contribution in [3.05, 3.63) is 69.0 Å². The van der Waals surface area contributed by atoms with Gasteiger partial charge in [-0.3, -0.25) is 14.2 Å². The molecular weight excluding hydrogens is 969 g/mol. The molecule has 5 heterocycles. The van der Waals surface area contributed by atoms with E-state index in [4.69, 9.17) is 51.8 Å². The van der Waals surface area contributed by atoms with E-state index in [0.29, 0.717) is 10.1 Å². The lowest BCUT2D eigenvalue weighted by Gasteiger charge is -2.54. The zero-order valence-electron chi connectivity index (χ0n) is 42.7. The number of alkyl carbamates (subject to hydrolysis) is 1. The van der Waals surface area contributed by atoms with Crippen molar-refractivity contribution in [3.63, 3.8) is 0 Å². The highest BCUT2D eigenvalue weighted by Crippen LogP contribution is 2.43. The number of nitrogens with zero attached hydrogens (tertiary/aromatic N) is 2. The number of hydrogen-bond acceptors (Lipinski definition) is 20. The molecule has 4 fully saturated rings. The molecule has 0 spiro atoms. The Morgan fingerprint density at radius 2 is 1.56 bits per heavy atom. The van der Waals surface area contributed by atoms with E-state index in [2.05, 4.69) is 31.4 Å². The Balaban J connectivity index is 1.34. The van der Waals surface area contributed by atoms with E-state index < -0.39 is 154 Å². The number of nitrogens with one attached hydrogen (secondary N) is 2. The van der Waals surface area contributed by atoms with Crippen LogP contribution in [0.4, 0.5) is 9.59 Å². The average molecular weight is 1040 g/mol. The van der Waals surface area contributed by atoms with E-state index in [0.717, 1.165) is 12.3 Å². The van der Waals surface area contributed by atoms with Crippen LogP contribution in [0.3, 0.4) is 0 Å². The number of amides is 2. The van der Waals surface area contributed by atoms with E-state index in [1.165, 1.54) is 34.8 Å². The van der Waals surface area contributed by atoms with Crippen molar-refractivity contribution in [2.24, 2.45) is 0 Å². The van der Waals surface area contributed by atoms with Crippen LogP contribution in [0.5, 0.6) is 0 Å². The van der Waals surface area contributed by atoms with Crippen LogP contribution in [-0.4, -0.2) is 174 Å². The van der Waals surface area contributed by atoms with E-state index in [-0.39, 0.29) is 22.8 Å². The molecule has 0 bridgehead atoms. The molecule has 0 saturated carbocycles. The van der Waals surface area contributed by atoms with Crippen molar-refractivity contribution >= 4 is 26.4 Å². The fraction of sp³-hybridized carbons (Fsp3) is 0.723. The smallest absolute Gasteiger partial charge is 0.425 e. The van der Waals surface area contributed by atoms with Crippen molar-refractivity contribution in [1.29, 1.82) is 0 Å². The number of hydrogen-bond donors (Lipinski definition) is 6. The number of ether oxygens (including phenoxy) is 10. The number of carbonyl (C=O) groups excluding carboxylic acids is 3. The van der Waals surface area contributed by atoms with Gasteiger partial charge in [0.2, 0.25) is 5.91 Å². The molecule has 4 aliphatic heterocycles. The maximum atomic E-state index is 13.7. The predicted octanol–water partition coefficient (Wildman–Crippen LogP) is 1.32. The van der Waals surface area contributed by atoms with Gasteiger partial charge in [0.05, 0.1) is 24.9 Å². The van der Waals surface area contributed by atoms with Crippen LogP contribution in [-0.2, 0) is 63.2 Å². The molecule has 1 aromatic carbocycles. The molecule has 2 aromatic rings. The topological polar surface area (TPSA) is 302 Å². The van der Waals surface area contributed by atoms with Gasteiger partial charge in [0.1, 0.15) is 73.8 Å². The number of aliphatic hydroxyl groups excluding tert-OH is 4. The van der Waals surface area contributed by atoms with Crippen molar-refractivity contribution in [2.75, 3.05) is 20.5 Å². The summed E-state index contributed by atoms with van der Waals surface area (Å²) in [7, 11) is -1.36. The van der Waals surface area contributed by atoms with Gasteiger partial charge in [-0.15, -0.1) is 0 Å². The zero-order valence-corrected chi connectivity index (χ0v) is 43.7. The Kier molecular flexibility index (Phi) is 18.0. The first kappa shape index (κ1) is 57.1. The minimum absolute atomic E-state index is 0.0124. The van der Waals surface area contributed by atoms with E-state index in [1.54, 1.807) is 44.2 Å². The highest BCUT2D eigenvalue weighted by Gasteiger charge is 2.58. The maximum Gasteiger partial charge on any atom is 0.425 e. The van der Waals surface area contributed by atoms with Crippen LogP contribution in [0.25, 0.3) is 0 Å². The number of carbonyl (C=O) groups is 3. The number of methoxy groups -OCH3 is 1. The quantitative estimate of drug-likeness (QED) is 0.108. The number of benzene rings is 1. The molecule has 72 heavy (non-hydrogen) atoms. The van der Waals surface area contributed by atoms with Crippen LogP contribution in [0.2, 0.25) is 18.1 Å². The molecule has 6 rings (SSSR count). The fourth-order valence-electron chi connectivity index (χ4n) is 8.51. The first-order valence-corrected chi connectivity index (χ1v) is 26.7. The van der Waals surface area contributed by atoms with E-state index in [9.17, 15) is 44.4 Å². The molecule has 0 radical (unpaired) electrons. The number of fused-ring (bicyclic) bond motifs is 1. The Bertz CT molecular complexity index is 2300. The lowest BCUT2D eigenvalue weighted by atomic mass is 9.91. The molecule has 15 atom stereocenters. The molecule has 1 aromatic heterocycles. The summed E-state index contributed by atoms with van der Waals surface area (Å²) in [5.41, 5.74) is -2.74. The SMILES string of the molecule is COCO[C@H]1[C@@H](O)[C@@H](C[C@@H](O)[C@H]2O[C@@H](n3ccc(=O)n(C(=O)OC(C)(C)C)c3=O)[C@H](O)[C@@H]2O)O[C@@H](O[C@H]2O[C@@H]3COC(C)(C)O[C@H]3[C@H](O[Si](C)(C)C(C)(C)C)[C@H]2NC(C)=O)[C@@H]1NC(=O)OCc1ccccc1. The zero-order chi connectivity index (χ0) is 53.2. The Morgan fingerprint density at radius 3 is 2.18 bits per heavy atom. The third-order valence-corrected chi connectivity index (χ3v) is 17.5. The average Bonchev–Trinajstić information content (AvgIpc) is 3.57. The third kappa shape index (κ3) is 13.4. The molecule has 404 valence electrons. The lowest BCUT2D eigenvalue weighted by Crippen LogP contribution is -2.72. The van der Waals surface area contributed by atoms with E-state index in [1.807, 2.05) is 13.1 Å². The normalized spacial score (nSPS) is 32.3. The van der Waals surface area contributed by atoms with Gasteiger partial charge in [-0.25, -0.2) is 14.4 Å². The summed E-state index contributed by atoms with van der Waals surface area (Å²) in [5, 5.41) is 51.7. The highest BCUT2D eigenvalue weighted by atomic mass is 28.4. The third-order valence-electron chi connectivity index (χ3n) is 13.1. The monoisotopic (exact) mass is 1040 g/mol. The molecule has 4 saturated heterocycles. The minimum atomic E-state index is -2.69. The molecule has 6 N–H and O–H groups in total. The summed E-state index contributed by atoms with van der Waals surface area (Å²) >= 11 is 0. The number of rotatable bonds is 15. The van der Waals surface area contributed by atoms with Crippen molar-refractivity contribution in [1.82, 2.24) is 19.8 Å². The number of aromatic nitrogens is 2. The maximum absolute atomic E-state index is 13.7. The van der Waals surface area contributed by atoms with Gasteiger partial charge in [0.25, 0.3) is 5.56 Å². The molecule has 0 aliphatic carbocycles. The highest BCUT2D eigenvalue weighted by molar-refractivity contribution is 6.74. The van der Waals surface area contributed by atoms with Crippen LogP contribution < -0.4 is 21.9 Å². The van der Waals surface area contributed by atoms with Gasteiger partial charge < -0.3 is 82.9 Å². The van der Waals surface area contributed by atoms with Gasteiger partial charge in [0, 0.05) is 32.7 Å². The van der Waals surface area contributed by atoms with Crippen molar-refractivity contribution < 1.29 is 86.6 Å². The molecule has 0 unspecified atom stereocenters. The summed E-state index contributed by atoms with van der Waals surface area (Å²) in [4.78, 5) is 66.0. The molecular formula is C47H72N4O20Si. The summed E-state index contributed by atoms with van der Waals surface area (Å²) in [6.45, 7) is 19.0. The largest absolute Gasteiger partial charge is 0.445 e. The van der Waals surface area contributed by atoms with Gasteiger partial charge in [-0.2, -0.15) is 4.57 Å². The summed E-state index contributed by atoms with van der Waals surface area (Å²) in [6, 6.07) is 7.13. The Hall–Kier alpha value is -4.19. The summed E-state index contributed by atoms with van der Waals surface area (Å²) in [6.07, 6.45) is -21.3. The molecule has 4 aliphatic rings. The second-order valence-electron chi connectivity index (χ2n) is 21.3. The summed E-state index contributed by atoms with van der Waals surface area (Å²) < 4.78 is 68.1. The fourth-order valence-corrected chi connectivity index (χ4v) is 9.83. The molecule has 25 heteroatoms. The lowest BCUT2D eigenvalue weighted by molar-refractivity contribution is -0.390. The Morgan fingerprint density at radius 1 is 0.903 bits per heavy atom. The standard InChI is InChI=1S/C47H72N4O20Si/c1-24(52)48-31-38(71-72(11,12)46(5,6)7)36-28(22-64-47(8,9)69-36)66-41(31)68-40-30(49-42(58)62-21-25-16-14-13-15-17-25)37(63-23-61-10)32(55)27(65-40)20-26(53)35-33(56)34(57)39(67-35)50-19-18-29(54)51(43(50)59)44(60)70-45(2,3)4/h13-19,26-28,30-41,53,55-57H,20-23H2,1-12H3,(H,48,52)(H,49,58)/t26-,27-,28-,30-,31-,32+,33+,34-,35-,36-,37-,38-,39-,40+,41-/m1/s1. The van der Waals surface area contributed by atoms with Crippen LogP contribution >= 0.6 is 0 Å². The van der Waals surface area contributed by atoms with Gasteiger partial charge in [-0.1, -0.05) is 51.1 Å². The van der Waals surface area contributed by atoms with Gasteiger partial charge >= 0.3 is 17.9 Å². The van der Waals surface area contributed by atoms with Gasteiger partial charge in [-0.05, 0) is 58.3 Å². The predicted molar refractivity (Wildman–Crippen MR) is 252 cm³/mol. The van der Waals surface area contributed by atoms with Crippen LogP contribution in [0.1, 0.15) is 80.5 Å². The number of aliphatic hydroxyl groups is 4. The van der Waals surface area contributed by atoms with Crippen LogP contribution in [0.15, 0.2) is 52.2 Å². The first-order chi connectivity index (χ1) is 33.5.